The number of benzene rings is 2. The highest BCUT2D eigenvalue weighted by Crippen LogP contribution is 2.33. The van der Waals surface area contributed by atoms with Crippen LogP contribution < -0.4 is 9.47 Å². The lowest BCUT2D eigenvalue weighted by Gasteiger charge is -2.11. The van der Waals surface area contributed by atoms with Gasteiger partial charge in [-0.15, -0.1) is 0 Å². The van der Waals surface area contributed by atoms with Gasteiger partial charge in [-0.05, 0) is 36.2 Å². The standard InChI is InChI=1S/C16H16O4/c1-10-4-6-12(13(8-10)16(17)18)11-5-7-14(19-2)15(9-11)20-3/h4-9H,1-3H3,(H,17,18). The Hall–Kier alpha value is -2.49. The Morgan fingerprint density at radius 3 is 2.30 bits per heavy atom. The van der Waals surface area contributed by atoms with Gasteiger partial charge in [-0.3, -0.25) is 0 Å². The summed E-state index contributed by atoms with van der Waals surface area (Å²) in [6.07, 6.45) is 0. The average Bonchev–Trinajstić information content (AvgIpc) is 2.46. The minimum absolute atomic E-state index is 0.275. The summed E-state index contributed by atoms with van der Waals surface area (Å²) in [5.74, 6) is 0.237. The summed E-state index contributed by atoms with van der Waals surface area (Å²) in [6.45, 7) is 1.87. The second kappa shape index (κ2) is 5.65. The Morgan fingerprint density at radius 1 is 1.00 bits per heavy atom. The average molecular weight is 272 g/mol. The van der Waals surface area contributed by atoms with E-state index < -0.39 is 5.97 Å². The summed E-state index contributed by atoms with van der Waals surface area (Å²) in [4.78, 5) is 11.4. The van der Waals surface area contributed by atoms with Crippen LogP contribution in [0.2, 0.25) is 0 Å². The van der Waals surface area contributed by atoms with Crippen LogP contribution in [0.15, 0.2) is 36.4 Å². The van der Waals surface area contributed by atoms with Crippen molar-refractivity contribution in [3.05, 3.63) is 47.5 Å². The largest absolute Gasteiger partial charge is 0.493 e. The number of hydrogen-bond acceptors (Lipinski definition) is 3. The van der Waals surface area contributed by atoms with Gasteiger partial charge in [0.25, 0.3) is 0 Å². The lowest BCUT2D eigenvalue weighted by Crippen LogP contribution is -2.00. The van der Waals surface area contributed by atoms with Gasteiger partial charge in [0.05, 0.1) is 19.8 Å². The van der Waals surface area contributed by atoms with Gasteiger partial charge in [-0.25, -0.2) is 4.79 Å². The lowest BCUT2D eigenvalue weighted by atomic mass is 9.97. The first-order valence-corrected chi connectivity index (χ1v) is 6.13. The van der Waals surface area contributed by atoms with Crippen molar-refractivity contribution in [3.63, 3.8) is 0 Å². The van der Waals surface area contributed by atoms with Crippen molar-refractivity contribution in [3.8, 4) is 22.6 Å². The van der Waals surface area contributed by atoms with Gasteiger partial charge in [-0.1, -0.05) is 23.8 Å². The number of carboxylic acids is 1. The van der Waals surface area contributed by atoms with Crippen LogP contribution in [0.4, 0.5) is 0 Å². The number of rotatable bonds is 4. The van der Waals surface area contributed by atoms with Crippen LogP contribution in [-0.2, 0) is 0 Å². The lowest BCUT2D eigenvalue weighted by molar-refractivity contribution is 0.0697. The fourth-order valence-electron chi connectivity index (χ4n) is 2.09. The summed E-state index contributed by atoms with van der Waals surface area (Å²) in [6, 6.07) is 10.7. The van der Waals surface area contributed by atoms with Crippen molar-refractivity contribution in [2.75, 3.05) is 14.2 Å². The molecule has 0 aliphatic carbocycles. The minimum atomic E-state index is -0.946. The van der Waals surface area contributed by atoms with E-state index in [0.717, 1.165) is 11.1 Å². The third-order valence-electron chi connectivity index (χ3n) is 3.10. The van der Waals surface area contributed by atoms with E-state index in [1.807, 2.05) is 19.1 Å². The molecule has 0 saturated carbocycles. The molecule has 2 aromatic rings. The number of hydrogen-bond donors (Lipinski definition) is 1. The third kappa shape index (κ3) is 2.59. The van der Waals surface area contributed by atoms with Gasteiger partial charge in [0.2, 0.25) is 0 Å². The molecule has 0 unspecified atom stereocenters. The Balaban J connectivity index is 2.59. The van der Waals surface area contributed by atoms with E-state index in [1.165, 1.54) is 0 Å². The van der Waals surface area contributed by atoms with Gasteiger partial charge in [0.15, 0.2) is 11.5 Å². The summed E-state index contributed by atoms with van der Waals surface area (Å²) in [5.41, 5.74) is 2.62. The van der Waals surface area contributed by atoms with E-state index in [1.54, 1.807) is 38.5 Å². The smallest absolute Gasteiger partial charge is 0.336 e. The van der Waals surface area contributed by atoms with Gasteiger partial charge in [-0.2, -0.15) is 0 Å². The van der Waals surface area contributed by atoms with Crippen molar-refractivity contribution >= 4 is 5.97 Å². The van der Waals surface area contributed by atoms with E-state index >= 15 is 0 Å². The second-order valence-electron chi connectivity index (χ2n) is 4.42. The fourth-order valence-corrected chi connectivity index (χ4v) is 2.09. The molecule has 2 rings (SSSR count). The molecule has 4 heteroatoms. The zero-order valence-corrected chi connectivity index (χ0v) is 11.6. The van der Waals surface area contributed by atoms with Crippen molar-refractivity contribution in [2.24, 2.45) is 0 Å². The molecule has 20 heavy (non-hydrogen) atoms. The zero-order valence-electron chi connectivity index (χ0n) is 11.6. The molecular weight excluding hydrogens is 256 g/mol. The van der Waals surface area contributed by atoms with E-state index in [4.69, 9.17) is 9.47 Å². The highest BCUT2D eigenvalue weighted by molar-refractivity contribution is 5.96. The summed E-state index contributed by atoms with van der Waals surface area (Å²) >= 11 is 0. The summed E-state index contributed by atoms with van der Waals surface area (Å²) in [7, 11) is 3.11. The molecule has 0 saturated heterocycles. The number of methoxy groups -OCH3 is 2. The molecule has 0 fully saturated rings. The van der Waals surface area contributed by atoms with Gasteiger partial charge in [0, 0.05) is 0 Å². The summed E-state index contributed by atoms with van der Waals surface area (Å²) in [5, 5.41) is 9.32. The second-order valence-corrected chi connectivity index (χ2v) is 4.42. The number of carbonyl (C=O) groups is 1. The molecule has 0 aliphatic heterocycles. The van der Waals surface area contributed by atoms with Crippen molar-refractivity contribution in [1.82, 2.24) is 0 Å². The van der Waals surface area contributed by atoms with Crippen LogP contribution in [0.25, 0.3) is 11.1 Å². The number of ether oxygens (including phenoxy) is 2. The fraction of sp³-hybridized carbons (Fsp3) is 0.188. The van der Waals surface area contributed by atoms with E-state index in [-0.39, 0.29) is 5.56 Å². The van der Waals surface area contributed by atoms with Gasteiger partial charge in [0.1, 0.15) is 0 Å². The number of carboxylic acid groups (broad SMARTS) is 1. The monoisotopic (exact) mass is 272 g/mol. The molecule has 104 valence electrons. The van der Waals surface area contributed by atoms with Crippen LogP contribution in [0.1, 0.15) is 15.9 Å². The van der Waals surface area contributed by atoms with Crippen molar-refractivity contribution in [2.45, 2.75) is 6.92 Å². The quantitative estimate of drug-likeness (QED) is 0.927. The van der Waals surface area contributed by atoms with Crippen molar-refractivity contribution < 1.29 is 19.4 Å². The van der Waals surface area contributed by atoms with Crippen LogP contribution in [0.5, 0.6) is 11.5 Å². The van der Waals surface area contributed by atoms with E-state index in [2.05, 4.69) is 0 Å². The topological polar surface area (TPSA) is 55.8 Å². The van der Waals surface area contributed by atoms with E-state index in [0.29, 0.717) is 17.1 Å². The maximum Gasteiger partial charge on any atom is 0.336 e. The molecule has 4 nitrogen and oxygen atoms in total. The molecule has 0 radical (unpaired) electrons. The Kier molecular flexibility index (Phi) is 3.94. The SMILES string of the molecule is COc1ccc(-c2ccc(C)cc2C(=O)O)cc1OC. The first kappa shape index (κ1) is 13.9. The normalized spacial score (nSPS) is 10.2. The maximum absolute atomic E-state index is 11.4. The van der Waals surface area contributed by atoms with Crippen LogP contribution in [0.3, 0.4) is 0 Å². The van der Waals surface area contributed by atoms with Crippen molar-refractivity contribution in [1.29, 1.82) is 0 Å². The predicted molar refractivity (Wildman–Crippen MR) is 76.7 cm³/mol. The molecule has 2 aromatic carbocycles. The highest BCUT2D eigenvalue weighted by atomic mass is 16.5. The highest BCUT2D eigenvalue weighted by Gasteiger charge is 2.14. The molecule has 0 heterocycles. The van der Waals surface area contributed by atoms with Crippen LogP contribution in [0, 0.1) is 6.92 Å². The third-order valence-corrected chi connectivity index (χ3v) is 3.10. The molecule has 0 atom stereocenters. The molecule has 0 aliphatic rings. The predicted octanol–water partition coefficient (Wildman–Crippen LogP) is 3.38. The Labute approximate surface area is 117 Å². The van der Waals surface area contributed by atoms with Gasteiger partial charge >= 0.3 is 5.97 Å². The maximum atomic E-state index is 11.4. The van der Waals surface area contributed by atoms with Crippen LogP contribution >= 0.6 is 0 Å². The van der Waals surface area contributed by atoms with Gasteiger partial charge < -0.3 is 14.6 Å². The molecule has 0 bridgehead atoms. The molecule has 0 amide bonds. The number of aryl methyl sites for hydroxylation is 1. The Bertz CT molecular complexity index is 647. The Morgan fingerprint density at radius 2 is 1.70 bits per heavy atom. The van der Waals surface area contributed by atoms with Crippen LogP contribution in [-0.4, -0.2) is 25.3 Å². The van der Waals surface area contributed by atoms with E-state index in [9.17, 15) is 9.90 Å². The molecule has 0 aromatic heterocycles. The number of aromatic carboxylic acids is 1. The molecule has 0 spiro atoms. The minimum Gasteiger partial charge on any atom is -0.493 e. The summed E-state index contributed by atoms with van der Waals surface area (Å²) < 4.78 is 10.4. The zero-order chi connectivity index (χ0) is 14.7. The molecule has 1 N–H and O–H groups in total. The molecular formula is C16H16O4. The first-order chi connectivity index (χ1) is 9.56. The first-order valence-electron chi connectivity index (χ1n) is 6.13.